The fraction of sp³-hybridized carbons (Fsp3) is 0.500. The third-order valence-corrected chi connectivity index (χ3v) is 4.58. The van der Waals surface area contributed by atoms with Crippen LogP contribution in [0, 0.1) is 13.8 Å². The Balaban J connectivity index is 1.64. The summed E-state index contributed by atoms with van der Waals surface area (Å²) < 4.78 is 2.10. The molecular weight excluding hydrogens is 274 g/mol. The first-order valence-corrected chi connectivity index (χ1v) is 8.11. The third kappa shape index (κ3) is 3.39. The molecule has 4 heteroatoms. The normalized spacial score (nSPS) is 20.4. The van der Waals surface area contributed by atoms with E-state index in [1.165, 1.54) is 18.5 Å². The highest BCUT2D eigenvalue weighted by Crippen LogP contribution is 2.23. The highest BCUT2D eigenvalue weighted by Gasteiger charge is 2.27. The van der Waals surface area contributed by atoms with Crippen molar-refractivity contribution in [2.24, 2.45) is 0 Å². The van der Waals surface area contributed by atoms with Gasteiger partial charge in [-0.25, -0.2) is 0 Å². The lowest BCUT2D eigenvalue weighted by molar-refractivity contribution is 0.100. The van der Waals surface area contributed by atoms with Crippen LogP contribution in [-0.2, 0) is 6.54 Å². The van der Waals surface area contributed by atoms with Crippen LogP contribution < -0.4 is 0 Å². The molecular formula is C18H25N3O. The van der Waals surface area contributed by atoms with Crippen LogP contribution in [0.25, 0.3) is 0 Å². The third-order valence-electron chi connectivity index (χ3n) is 4.58. The Kier molecular flexibility index (Phi) is 4.60. The summed E-state index contributed by atoms with van der Waals surface area (Å²) in [6.07, 6.45) is 1.97. The molecule has 1 aliphatic rings. The minimum atomic E-state index is -0.415. The zero-order valence-corrected chi connectivity index (χ0v) is 13.4. The van der Waals surface area contributed by atoms with Crippen LogP contribution in [0.15, 0.2) is 36.4 Å². The number of aryl methyl sites for hydroxylation is 2. The zero-order chi connectivity index (χ0) is 15.5. The summed E-state index contributed by atoms with van der Waals surface area (Å²) in [6, 6.07) is 12.5. The van der Waals surface area contributed by atoms with E-state index in [0.29, 0.717) is 12.6 Å². The number of aliphatic hydroxyl groups is 1. The van der Waals surface area contributed by atoms with Crippen molar-refractivity contribution in [1.82, 2.24) is 14.7 Å². The van der Waals surface area contributed by atoms with E-state index in [1.807, 2.05) is 37.3 Å². The van der Waals surface area contributed by atoms with Crippen LogP contribution in [0.1, 0.15) is 35.9 Å². The van der Waals surface area contributed by atoms with Crippen LogP contribution in [0.5, 0.6) is 0 Å². The topological polar surface area (TPSA) is 41.3 Å². The predicted molar refractivity (Wildman–Crippen MR) is 87.7 cm³/mol. The molecule has 1 saturated heterocycles. The van der Waals surface area contributed by atoms with E-state index >= 15 is 0 Å². The van der Waals surface area contributed by atoms with Gasteiger partial charge in [0.2, 0.25) is 0 Å². The highest BCUT2D eigenvalue weighted by atomic mass is 16.3. The first-order valence-electron chi connectivity index (χ1n) is 8.11. The van der Waals surface area contributed by atoms with Gasteiger partial charge in [0.05, 0.1) is 18.3 Å². The van der Waals surface area contributed by atoms with E-state index in [-0.39, 0.29) is 0 Å². The first kappa shape index (κ1) is 15.3. The molecule has 0 amide bonds. The summed E-state index contributed by atoms with van der Waals surface area (Å²) in [7, 11) is 0. The van der Waals surface area contributed by atoms with Gasteiger partial charge in [-0.1, -0.05) is 30.3 Å². The van der Waals surface area contributed by atoms with E-state index < -0.39 is 6.10 Å². The number of benzene rings is 1. The first-order chi connectivity index (χ1) is 10.6. The van der Waals surface area contributed by atoms with Crippen molar-refractivity contribution in [2.45, 2.75) is 45.4 Å². The molecule has 3 rings (SSSR count). The number of hydrogen-bond donors (Lipinski definition) is 1. The Morgan fingerprint density at radius 1 is 1.27 bits per heavy atom. The molecule has 0 aliphatic carbocycles. The minimum absolute atomic E-state index is 0.415. The molecule has 0 bridgehead atoms. The van der Waals surface area contributed by atoms with Crippen molar-refractivity contribution in [2.75, 3.05) is 13.1 Å². The number of aliphatic hydroxyl groups excluding tert-OH is 1. The number of hydrogen-bond acceptors (Lipinski definition) is 3. The predicted octanol–water partition coefficient (Wildman–Crippen LogP) is 2.70. The smallest absolute Gasteiger partial charge is 0.0917 e. The van der Waals surface area contributed by atoms with Crippen LogP contribution in [0.2, 0.25) is 0 Å². The summed E-state index contributed by atoms with van der Waals surface area (Å²) in [6.45, 7) is 6.83. The molecule has 0 spiro atoms. The van der Waals surface area contributed by atoms with Crippen LogP contribution in [-0.4, -0.2) is 38.9 Å². The zero-order valence-electron chi connectivity index (χ0n) is 13.4. The molecule has 2 heterocycles. The monoisotopic (exact) mass is 299 g/mol. The average molecular weight is 299 g/mol. The fourth-order valence-corrected chi connectivity index (χ4v) is 3.40. The second-order valence-electron chi connectivity index (χ2n) is 6.33. The second kappa shape index (κ2) is 6.63. The molecule has 1 fully saturated rings. The van der Waals surface area contributed by atoms with Gasteiger partial charge in [0, 0.05) is 18.3 Å². The summed E-state index contributed by atoms with van der Waals surface area (Å²) in [4.78, 5) is 2.41. The van der Waals surface area contributed by atoms with Gasteiger partial charge in [-0.2, -0.15) is 5.10 Å². The van der Waals surface area contributed by atoms with Crippen LogP contribution in [0.3, 0.4) is 0 Å². The fourth-order valence-electron chi connectivity index (χ4n) is 3.40. The Morgan fingerprint density at radius 3 is 2.73 bits per heavy atom. The van der Waals surface area contributed by atoms with Crippen molar-refractivity contribution in [3.05, 3.63) is 53.3 Å². The van der Waals surface area contributed by atoms with Crippen molar-refractivity contribution in [3.63, 3.8) is 0 Å². The summed E-state index contributed by atoms with van der Waals surface area (Å²) in [5, 5.41) is 15.0. The van der Waals surface area contributed by atoms with Crippen LogP contribution in [0.4, 0.5) is 0 Å². The van der Waals surface area contributed by atoms with Gasteiger partial charge in [0.25, 0.3) is 0 Å². The Morgan fingerprint density at radius 2 is 2.05 bits per heavy atom. The molecule has 22 heavy (non-hydrogen) atoms. The van der Waals surface area contributed by atoms with Gasteiger partial charge < -0.3 is 5.11 Å². The quantitative estimate of drug-likeness (QED) is 0.923. The standard InChI is InChI=1S/C18H25N3O/c1-14-11-15(2)21(19-14)12-17-9-6-10-20(17)13-18(22)16-7-4-3-5-8-16/h3-5,7-8,11,17-18,22H,6,9-10,12-13H2,1-2H3. The maximum absolute atomic E-state index is 10.5. The number of likely N-dealkylation sites (tertiary alicyclic amines) is 1. The molecule has 4 nitrogen and oxygen atoms in total. The molecule has 2 aromatic rings. The van der Waals surface area contributed by atoms with E-state index in [2.05, 4.69) is 27.7 Å². The molecule has 0 radical (unpaired) electrons. The van der Waals surface area contributed by atoms with Gasteiger partial charge in [0.15, 0.2) is 0 Å². The Hall–Kier alpha value is -1.65. The van der Waals surface area contributed by atoms with Crippen molar-refractivity contribution in [1.29, 1.82) is 0 Å². The van der Waals surface area contributed by atoms with E-state index in [0.717, 1.165) is 24.3 Å². The SMILES string of the molecule is Cc1cc(C)n(CC2CCCN2CC(O)c2ccccc2)n1. The van der Waals surface area contributed by atoms with Gasteiger partial charge >= 0.3 is 0 Å². The maximum atomic E-state index is 10.5. The molecule has 1 N–H and O–H groups in total. The van der Waals surface area contributed by atoms with Crippen LogP contribution >= 0.6 is 0 Å². The molecule has 118 valence electrons. The summed E-state index contributed by atoms with van der Waals surface area (Å²) in [5.74, 6) is 0. The maximum Gasteiger partial charge on any atom is 0.0917 e. The molecule has 2 unspecified atom stereocenters. The van der Waals surface area contributed by atoms with E-state index in [9.17, 15) is 5.11 Å². The van der Waals surface area contributed by atoms with Gasteiger partial charge in [-0.05, 0) is 44.9 Å². The van der Waals surface area contributed by atoms with Crippen molar-refractivity contribution < 1.29 is 5.11 Å². The minimum Gasteiger partial charge on any atom is -0.387 e. The lowest BCUT2D eigenvalue weighted by atomic mass is 10.1. The Labute approximate surface area is 132 Å². The number of rotatable bonds is 5. The van der Waals surface area contributed by atoms with Gasteiger partial charge in [-0.3, -0.25) is 9.58 Å². The van der Waals surface area contributed by atoms with E-state index in [1.54, 1.807) is 0 Å². The lowest BCUT2D eigenvalue weighted by Crippen LogP contribution is -2.36. The van der Waals surface area contributed by atoms with Gasteiger partial charge in [-0.15, -0.1) is 0 Å². The largest absolute Gasteiger partial charge is 0.387 e. The molecule has 2 atom stereocenters. The van der Waals surface area contributed by atoms with Crippen molar-refractivity contribution in [3.8, 4) is 0 Å². The van der Waals surface area contributed by atoms with Crippen molar-refractivity contribution >= 4 is 0 Å². The molecule has 1 aromatic heterocycles. The number of β-amino-alcohol motifs (C(OH)–C–C–N with tert-alkyl or cyclic N) is 1. The number of aromatic nitrogens is 2. The lowest BCUT2D eigenvalue weighted by Gasteiger charge is -2.27. The molecule has 0 saturated carbocycles. The summed E-state index contributed by atoms with van der Waals surface area (Å²) >= 11 is 0. The second-order valence-corrected chi connectivity index (χ2v) is 6.33. The molecule has 1 aliphatic heterocycles. The van der Waals surface area contributed by atoms with Gasteiger partial charge in [0.1, 0.15) is 0 Å². The average Bonchev–Trinajstić information content (AvgIpc) is 3.07. The van der Waals surface area contributed by atoms with E-state index in [4.69, 9.17) is 0 Å². The molecule has 1 aromatic carbocycles. The summed E-state index contributed by atoms with van der Waals surface area (Å²) in [5.41, 5.74) is 3.29. The number of nitrogens with zero attached hydrogens (tertiary/aromatic N) is 3. The Bertz CT molecular complexity index is 608. The highest BCUT2D eigenvalue weighted by molar-refractivity contribution is 5.17.